The van der Waals surface area contributed by atoms with Crippen molar-refractivity contribution in [1.82, 2.24) is 0 Å². The van der Waals surface area contributed by atoms with Crippen LogP contribution in [0.15, 0.2) is 18.2 Å². The highest BCUT2D eigenvalue weighted by Gasteiger charge is 1.99. The molecule has 0 aliphatic heterocycles. The molecule has 0 unspecified atom stereocenters. The lowest BCUT2D eigenvalue weighted by Gasteiger charge is -1.95. The Balaban J connectivity index is 0. The monoisotopic (exact) mass is 234 g/mol. The average Bonchev–Trinajstić information content (AvgIpc) is 1.83. The quantitative estimate of drug-likeness (QED) is 0.730. The summed E-state index contributed by atoms with van der Waals surface area (Å²) < 4.78 is 0. The Morgan fingerprint density at radius 2 is 1.64 bits per heavy atom. The molecule has 1 rings (SSSR count). The summed E-state index contributed by atoms with van der Waals surface area (Å²) >= 11 is 11.0. The number of hydrogen-bond acceptors (Lipinski definition) is 1. The Morgan fingerprint density at radius 1 is 1.09 bits per heavy atom. The third-order valence-electron chi connectivity index (χ3n) is 0.931. The normalized spacial score (nSPS) is 7.82. The zero-order valence-corrected chi connectivity index (χ0v) is 8.40. The van der Waals surface area contributed by atoms with Crippen LogP contribution in [0.25, 0.3) is 0 Å². The summed E-state index contributed by atoms with van der Waals surface area (Å²) in [5.74, 6) is 0.0177. The summed E-state index contributed by atoms with van der Waals surface area (Å²) in [4.78, 5) is 0. The minimum atomic E-state index is 0. The third-order valence-corrected chi connectivity index (χ3v) is 1.74. The van der Waals surface area contributed by atoms with Crippen LogP contribution in [-0.2, 0) is 0 Å². The molecule has 0 aromatic heterocycles. The minimum absolute atomic E-state index is 0. The highest BCUT2D eigenvalue weighted by atomic mass is 35.5. The topological polar surface area (TPSA) is 20.2 Å². The van der Waals surface area contributed by atoms with Crippen molar-refractivity contribution in [2.24, 2.45) is 0 Å². The zero-order valence-electron chi connectivity index (χ0n) is 5.25. The molecule has 0 bridgehead atoms. The van der Waals surface area contributed by atoms with Crippen molar-refractivity contribution in [3.8, 4) is 5.75 Å². The Bertz CT molecular complexity index is 206. The standard InChI is InChI=1S/C6H4Cl2O.2ClH/c7-4-2-1-3-5(9)6(4)8;;/h1-3,9H;2*1H. The molecule has 11 heavy (non-hydrogen) atoms. The highest BCUT2D eigenvalue weighted by Crippen LogP contribution is 2.29. The maximum absolute atomic E-state index is 8.88. The van der Waals surface area contributed by atoms with Crippen molar-refractivity contribution in [3.63, 3.8) is 0 Å². The van der Waals surface area contributed by atoms with E-state index in [-0.39, 0.29) is 35.6 Å². The van der Waals surface area contributed by atoms with Crippen molar-refractivity contribution < 1.29 is 5.11 Å². The molecule has 0 heterocycles. The molecule has 5 heteroatoms. The Labute approximate surface area is 87.1 Å². The predicted octanol–water partition coefficient (Wildman–Crippen LogP) is 3.54. The van der Waals surface area contributed by atoms with Gasteiger partial charge in [-0.3, -0.25) is 0 Å². The summed E-state index contributed by atoms with van der Waals surface area (Å²) in [6, 6.07) is 4.72. The summed E-state index contributed by atoms with van der Waals surface area (Å²) in [6.07, 6.45) is 0. The first-order chi connectivity index (χ1) is 4.22. The number of phenols is 1. The molecule has 1 aromatic rings. The van der Waals surface area contributed by atoms with Crippen LogP contribution in [0.1, 0.15) is 0 Å². The molecular weight excluding hydrogens is 230 g/mol. The van der Waals surface area contributed by atoms with E-state index >= 15 is 0 Å². The Kier molecular flexibility index (Phi) is 7.23. The number of phenolic OH excluding ortho intramolecular Hbond substituents is 1. The fourth-order valence-corrected chi connectivity index (χ4v) is 0.788. The summed E-state index contributed by atoms with van der Waals surface area (Å²) in [5.41, 5.74) is 0. The van der Waals surface area contributed by atoms with Gasteiger partial charge in [-0.25, -0.2) is 0 Å². The van der Waals surface area contributed by atoms with Crippen LogP contribution in [0, 0.1) is 0 Å². The van der Waals surface area contributed by atoms with E-state index in [0.717, 1.165) is 0 Å². The fraction of sp³-hybridized carbons (Fsp3) is 0. The van der Waals surface area contributed by atoms with Crippen molar-refractivity contribution in [1.29, 1.82) is 0 Å². The second-order valence-corrected chi connectivity index (χ2v) is 2.36. The van der Waals surface area contributed by atoms with Crippen LogP contribution in [0.4, 0.5) is 0 Å². The number of hydrogen-bond donors (Lipinski definition) is 1. The van der Waals surface area contributed by atoms with E-state index in [9.17, 15) is 0 Å². The fourth-order valence-electron chi connectivity index (χ4n) is 0.492. The highest BCUT2D eigenvalue weighted by molar-refractivity contribution is 6.42. The van der Waals surface area contributed by atoms with Gasteiger partial charge in [-0.05, 0) is 12.1 Å². The van der Waals surface area contributed by atoms with Crippen LogP contribution < -0.4 is 0 Å². The smallest absolute Gasteiger partial charge is 0.135 e. The molecule has 0 aliphatic rings. The van der Waals surface area contributed by atoms with Crippen LogP contribution >= 0.6 is 48.0 Å². The second kappa shape index (κ2) is 5.78. The van der Waals surface area contributed by atoms with E-state index in [1.54, 1.807) is 12.1 Å². The van der Waals surface area contributed by atoms with Gasteiger partial charge in [0.2, 0.25) is 0 Å². The van der Waals surface area contributed by atoms with Crippen LogP contribution in [0.5, 0.6) is 5.75 Å². The van der Waals surface area contributed by atoms with Gasteiger partial charge in [0, 0.05) is 0 Å². The minimum Gasteiger partial charge on any atom is -0.506 e. The molecule has 1 N–H and O–H groups in total. The molecule has 0 amide bonds. The Morgan fingerprint density at radius 3 is 2.00 bits per heavy atom. The van der Waals surface area contributed by atoms with Crippen molar-refractivity contribution in [2.75, 3.05) is 0 Å². The first kappa shape index (κ1) is 13.7. The van der Waals surface area contributed by atoms with Gasteiger partial charge in [-0.15, -0.1) is 24.8 Å². The molecule has 0 saturated carbocycles. The number of aromatic hydroxyl groups is 1. The summed E-state index contributed by atoms with van der Waals surface area (Å²) in [7, 11) is 0. The molecule has 0 atom stereocenters. The maximum Gasteiger partial charge on any atom is 0.135 e. The van der Waals surface area contributed by atoms with Gasteiger partial charge in [0.05, 0.1) is 5.02 Å². The number of benzene rings is 1. The lowest BCUT2D eigenvalue weighted by atomic mass is 10.3. The van der Waals surface area contributed by atoms with Gasteiger partial charge in [0.15, 0.2) is 0 Å². The molecule has 0 saturated heterocycles. The second-order valence-electron chi connectivity index (χ2n) is 1.57. The van der Waals surface area contributed by atoms with Crippen LogP contribution in [-0.4, -0.2) is 5.11 Å². The van der Waals surface area contributed by atoms with Gasteiger partial charge in [0.25, 0.3) is 0 Å². The summed E-state index contributed by atoms with van der Waals surface area (Å²) in [6.45, 7) is 0. The molecular formula is C6H6Cl4O. The zero-order chi connectivity index (χ0) is 6.85. The molecule has 0 fully saturated rings. The van der Waals surface area contributed by atoms with E-state index in [4.69, 9.17) is 28.3 Å². The van der Waals surface area contributed by atoms with Crippen LogP contribution in [0.2, 0.25) is 10.0 Å². The van der Waals surface area contributed by atoms with Gasteiger partial charge >= 0.3 is 0 Å². The molecule has 64 valence electrons. The van der Waals surface area contributed by atoms with Gasteiger partial charge in [-0.2, -0.15) is 0 Å². The average molecular weight is 236 g/mol. The number of rotatable bonds is 0. The predicted molar refractivity (Wildman–Crippen MR) is 52.6 cm³/mol. The first-order valence-electron chi connectivity index (χ1n) is 2.35. The molecule has 1 aromatic carbocycles. The van der Waals surface area contributed by atoms with E-state index in [1.807, 2.05) is 0 Å². The lowest BCUT2D eigenvalue weighted by molar-refractivity contribution is 0.475. The molecule has 0 spiro atoms. The van der Waals surface area contributed by atoms with Crippen molar-refractivity contribution in [3.05, 3.63) is 28.2 Å². The van der Waals surface area contributed by atoms with Gasteiger partial charge < -0.3 is 5.11 Å². The van der Waals surface area contributed by atoms with Gasteiger partial charge in [0.1, 0.15) is 10.8 Å². The van der Waals surface area contributed by atoms with E-state index in [2.05, 4.69) is 0 Å². The van der Waals surface area contributed by atoms with E-state index < -0.39 is 0 Å². The Hall–Kier alpha value is 0.180. The molecule has 0 aliphatic carbocycles. The van der Waals surface area contributed by atoms with Gasteiger partial charge in [-0.1, -0.05) is 29.3 Å². The largest absolute Gasteiger partial charge is 0.506 e. The van der Waals surface area contributed by atoms with Crippen LogP contribution in [0.3, 0.4) is 0 Å². The summed E-state index contributed by atoms with van der Waals surface area (Å²) in [5, 5.41) is 9.46. The molecule has 1 nitrogen and oxygen atoms in total. The van der Waals surface area contributed by atoms with Crippen molar-refractivity contribution in [2.45, 2.75) is 0 Å². The third kappa shape index (κ3) is 3.39. The first-order valence-corrected chi connectivity index (χ1v) is 3.10. The molecule has 0 radical (unpaired) electrons. The van der Waals surface area contributed by atoms with E-state index in [1.165, 1.54) is 6.07 Å². The van der Waals surface area contributed by atoms with E-state index in [0.29, 0.717) is 5.02 Å². The maximum atomic E-state index is 8.88. The number of halogens is 4. The van der Waals surface area contributed by atoms with Crippen molar-refractivity contribution >= 4 is 48.0 Å². The lowest BCUT2D eigenvalue weighted by Crippen LogP contribution is -1.67. The SMILES string of the molecule is Cl.Cl.Oc1cccc(Cl)c1Cl.